The highest BCUT2D eigenvalue weighted by Crippen LogP contribution is 2.21. The zero-order valence-corrected chi connectivity index (χ0v) is 14.3. The van der Waals surface area contributed by atoms with E-state index in [2.05, 4.69) is 19.8 Å². The number of piperazine rings is 2. The second kappa shape index (κ2) is 7.02. The molecule has 2 amide bonds. The van der Waals surface area contributed by atoms with Crippen molar-refractivity contribution in [2.45, 2.75) is 13.8 Å². The van der Waals surface area contributed by atoms with Gasteiger partial charge in [0, 0.05) is 65.3 Å². The van der Waals surface area contributed by atoms with E-state index in [0.29, 0.717) is 0 Å². The van der Waals surface area contributed by atoms with Gasteiger partial charge in [0.05, 0.1) is 0 Å². The minimum absolute atomic E-state index is 0.127. The van der Waals surface area contributed by atoms with Crippen molar-refractivity contribution in [1.82, 2.24) is 19.8 Å². The van der Waals surface area contributed by atoms with Gasteiger partial charge in [-0.1, -0.05) is 0 Å². The molecule has 0 aliphatic carbocycles. The van der Waals surface area contributed by atoms with Crippen molar-refractivity contribution < 1.29 is 9.59 Å². The predicted octanol–water partition coefficient (Wildman–Crippen LogP) is -0.268. The van der Waals surface area contributed by atoms with Crippen LogP contribution in [-0.2, 0) is 9.59 Å². The Morgan fingerprint density at radius 1 is 0.958 bits per heavy atom. The summed E-state index contributed by atoms with van der Waals surface area (Å²) in [6.07, 6.45) is 0.905. The molecule has 2 saturated heterocycles. The molecule has 0 saturated carbocycles. The second-order valence-corrected chi connectivity index (χ2v) is 6.25. The van der Waals surface area contributed by atoms with E-state index in [1.54, 1.807) is 11.8 Å². The maximum absolute atomic E-state index is 11.5. The van der Waals surface area contributed by atoms with Gasteiger partial charge in [0.25, 0.3) is 0 Å². The van der Waals surface area contributed by atoms with E-state index in [1.165, 1.54) is 0 Å². The highest BCUT2D eigenvalue weighted by Gasteiger charge is 2.22. The molecule has 24 heavy (non-hydrogen) atoms. The van der Waals surface area contributed by atoms with Crippen LogP contribution in [0.2, 0.25) is 0 Å². The van der Waals surface area contributed by atoms with E-state index >= 15 is 0 Å². The molecule has 1 aromatic heterocycles. The molecule has 0 unspecified atom stereocenters. The van der Waals surface area contributed by atoms with Crippen LogP contribution < -0.4 is 9.80 Å². The van der Waals surface area contributed by atoms with E-state index in [9.17, 15) is 9.59 Å². The lowest BCUT2D eigenvalue weighted by Gasteiger charge is -2.36. The summed E-state index contributed by atoms with van der Waals surface area (Å²) in [6.45, 7) is 9.56. The van der Waals surface area contributed by atoms with E-state index in [0.717, 1.165) is 76.2 Å². The Kier molecular flexibility index (Phi) is 4.82. The van der Waals surface area contributed by atoms with Gasteiger partial charge in [-0.15, -0.1) is 0 Å². The molecule has 0 atom stereocenters. The van der Waals surface area contributed by atoms with Gasteiger partial charge in [0.1, 0.15) is 17.5 Å². The molecule has 8 nitrogen and oxygen atoms in total. The Balaban J connectivity index is 1.70. The van der Waals surface area contributed by atoms with Crippen molar-refractivity contribution in [1.29, 1.82) is 0 Å². The number of nitrogens with zero attached hydrogens (tertiary/aromatic N) is 6. The maximum Gasteiger partial charge on any atom is 0.219 e. The van der Waals surface area contributed by atoms with E-state index < -0.39 is 0 Å². The fourth-order valence-corrected chi connectivity index (χ4v) is 3.17. The third-order valence-corrected chi connectivity index (χ3v) is 4.65. The highest BCUT2D eigenvalue weighted by atomic mass is 16.2. The van der Waals surface area contributed by atoms with Crippen molar-refractivity contribution in [3.8, 4) is 0 Å². The van der Waals surface area contributed by atoms with Gasteiger partial charge in [-0.2, -0.15) is 0 Å². The molecule has 2 aliphatic rings. The van der Waals surface area contributed by atoms with Gasteiger partial charge in [-0.3, -0.25) is 9.59 Å². The fourth-order valence-electron chi connectivity index (χ4n) is 3.17. The average molecular weight is 332 g/mol. The van der Waals surface area contributed by atoms with Crippen LogP contribution in [0, 0.1) is 6.92 Å². The number of carbonyl (C=O) groups is 2. The molecule has 0 spiro atoms. The molecule has 130 valence electrons. The van der Waals surface area contributed by atoms with Crippen LogP contribution >= 0.6 is 0 Å². The van der Waals surface area contributed by atoms with Crippen LogP contribution in [-0.4, -0.2) is 84.4 Å². The lowest BCUT2D eigenvalue weighted by atomic mass is 10.3. The Morgan fingerprint density at radius 2 is 1.46 bits per heavy atom. The van der Waals surface area contributed by atoms with Crippen molar-refractivity contribution in [2.75, 3.05) is 62.2 Å². The largest absolute Gasteiger partial charge is 0.353 e. The zero-order valence-electron chi connectivity index (χ0n) is 14.3. The Morgan fingerprint density at radius 3 is 1.92 bits per heavy atom. The fraction of sp³-hybridized carbons (Fsp3) is 0.625. The molecule has 0 aromatic carbocycles. The first-order valence-corrected chi connectivity index (χ1v) is 8.37. The number of hydrogen-bond donors (Lipinski definition) is 0. The van der Waals surface area contributed by atoms with Crippen LogP contribution in [0.4, 0.5) is 11.6 Å². The third kappa shape index (κ3) is 3.58. The van der Waals surface area contributed by atoms with Crippen LogP contribution in [0.15, 0.2) is 6.07 Å². The zero-order chi connectivity index (χ0) is 17.1. The van der Waals surface area contributed by atoms with E-state index in [1.807, 2.05) is 17.9 Å². The number of hydrogen-bond acceptors (Lipinski definition) is 6. The molecule has 0 radical (unpaired) electrons. The topological polar surface area (TPSA) is 72.9 Å². The van der Waals surface area contributed by atoms with Gasteiger partial charge in [-0.05, 0) is 6.92 Å². The summed E-state index contributed by atoms with van der Waals surface area (Å²) in [5, 5.41) is 0. The molecular weight excluding hydrogens is 308 g/mol. The summed E-state index contributed by atoms with van der Waals surface area (Å²) in [4.78, 5) is 39.5. The summed E-state index contributed by atoms with van der Waals surface area (Å²) >= 11 is 0. The molecule has 1 aromatic rings. The number of amides is 2. The van der Waals surface area contributed by atoms with Gasteiger partial charge in [0.15, 0.2) is 0 Å². The minimum Gasteiger partial charge on any atom is -0.353 e. The van der Waals surface area contributed by atoms with Crippen molar-refractivity contribution >= 4 is 24.0 Å². The molecule has 8 heteroatoms. The van der Waals surface area contributed by atoms with Gasteiger partial charge < -0.3 is 19.6 Å². The first kappa shape index (κ1) is 16.5. The van der Waals surface area contributed by atoms with E-state index in [4.69, 9.17) is 0 Å². The van der Waals surface area contributed by atoms with E-state index in [-0.39, 0.29) is 5.91 Å². The quantitative estimate of drug-likeness (QED) is 0.710. The second-order valence-electron chi connectivity index (χ2n) is 6.25. The summed E-state index contributed by atoms with van der Waals surface area (Å²) in [5.74, 6) is 2.70. The number of rotatable bonds is 3. The van der Waals surface area contributed by atoms with Crippen LogP contribution in [0.3, 0.4) is 0 Å². The average Bonchev–Trinajstić information content (AvgIpc) is 2.61. The van der Waals surface area contributed by atoms with Crippen molar-refractivity contribution in [3.05, 3.63) is 11.9 Å². The lowest BCUT2D eigenvalue weighted by Crippen LogP contribution is -2.48. The SMILES string of the molecule is CC(=O)N1CCN(c2cc(N3CCN(C=O)CC3)nc(C)n2)CC1. The van der Waals surface area contributed by atoms with Crippen molar-refractivity contribution in [3.63, 3.8) is 0 Å². The summed E-state index contributed by atoms with van der Waals surface area (Å²) in [5.41, 5.74) is 0. The third-order valence-electron chi connectivity index (χ3n) is 4.65. The van der Waals surface area contributed by atoms with Gasteiger partial charge in [-0.25, -0.2) is 9.97 Å². The Labute approximate surface area is 142 Å². The Hall–Kier alpha value is -2.38. The minimum atomic E-state index is 0.127. The molecule has 0 N–H and O–H groups in total. The maximum atomic E-state index is 11.5. The monoisotopic (exact) mass is 332 g/mol. The first-order chi connectivity index (χ1) is 11.6. The normalized spacial score (nSPS) is 18.8. The number of anilines is 2. The number of aryl methyl sites for hydroxylation is 1. The van der Waals surface area contributed by atoms with Crippen LogP contribution in [0.25, 0.3) is 0 Å². The Bertz CT molecular complexity index is 607. The molecule has 0 bridgehead atoms. The number of carbonyl (C=O) groups excluding carboxylic acids is 2. The highest BCUT2D eigenvalue weighted by molar-refractivity contribution is 5.73. The molecular formula is C16H24N6O2. The smallest absolute Gasteiger partial charge is 0.219 e. The lowest BCUT2D eigenvalue weighted by molar-refractivity contribution is -0.129. The standard InChI is InChI=1S/C16H24N6O2/c1-13-17-15(21-5-3-19(12-23)4-6-21)11-16(18-13)22-9-7-20(8-10-22)14(2)24/h11-12H,3-10H2,1-2H3. The molecule has 2 aliphatic heterocycles. The van der Waals surface area contributed by atoms with Crippen molar-refractivity contribution in [2.24, 2.45) is 0 Å². The van der Waals surface area contributed by atoms with Crippen LogP contribution in [0.1, 0.15) is 12.7 Å². The molecule has 3 rings (SSSR count). The van der Waals surface area contributed by atoms with Gasteiger partial charge in [0.2, 0.25) is 12.3 Å². The van der Waals surface area contributed by atoms with Gasteiger partial charge >= 0.3 is 0 Å². The molecule has 3 heterocycles. The molecule has 2 fully saturated rings. The first-order valence-electron chi connectivity index (χ1n) is 8.37. The summed E-state index contributed by atoms with van der Waals surface area (Å²) in [6, 6.07) is 2.02. The summed E-state index contributed by atoms with van der Waals surface area (Å²) in [7, 11) is 0. The predicted molar refractivity (Wildman–Crippen MR) is 91.1 cm³/mol. The summed E-state index contributed by atoms with van der Waals surface area (Å²) < 4.78 is 0. The van der Waals surface area contributed by atoms with Crippen LogP contribution in [0.5, 0.6) is 0 Å². The number of aromatic nitrogens is 2.